The number of nitrogens with two attached hydrogens (primary N) is 2. The molecule has 0 aliphatic carbocycles. The summed E-state index contributed by atoms with van der Waals surface area (Å²) in [6.45, 7) is 11.2. The molecule has 1 atom stereocenters. The Kier molecular flexibility index (Phi) is 13.2. The molecule has 0 saturated carbocycles. The molecule has 0 spiro atoms. The largest absolute Gasteiger partial charge is 0.462 e. The van der Waals surface area contributed by atoms with Crippen LogP contribution in [0, 0.1) is 0 Å². The molecule has 0 aliphatic heterocycles. The van der Waals surface area contributed by atoms with Gasteiger partial charge in [0, 0.05) is 17.7 Å². The molecule has 0 fully saturated rings. The summed E-state index contributed by atoms with van der Waals surface area (Å²) in [6, 6.07) is -0.108. The van der Waals surface area contributed by atoms with Crippen LogP contribution in [0.25, 0.3) is 0 Å². The molecule has 19 heavy (non-hydrogen) atoms. The zero-order chi connectivity index (χ0) is 15.3. The van der Waals surface area contributed by atoms with Crippen molar-refractivity contribution in [2.24, 2.45) is 11.5 Å². The van der Waals surface area contributed by atoms with Gasteiger partial charge in [-0.2, -0.15) is 0 Å². The topological polar surface area (TPSA) is 105 Å². The first-order chi connectivity index (χ1) is 8.84. The van der Waals surface area contributed by atoms with E-state index in [9.17, 15) is 9.59 Å². The smallest absolute Gasteiger partial charge is 0.333 e. The number of ether oxygens (including phenoxy) is 2. The third-order valence-corrected chi connectivity index (χ3v) is 1.59. The van der Waals surface area contributed by atoms with Crippen LogP contribution in [0.1, 0.15) is 20.3 Å². The summed E-state index contributed by atoms with van der Waals surface area (Å²) in [5, 5.41) is 0. The Morgan fingerprint density at radius 3 is 2.32 bits per heavy atom. The predicted octanol–water partition coefficient (Wildman–Crippen LogP) is 0.517. The van der Waals surface area contributed by atoms with Gasteiger partial charge in [0.1, 0.15) is 6.61 Å². The molecule has 0 radical (unpaired) electrons. The van der Waals surface area contributed by atoms with E-state index in [2.05, 4.69) is 17.9 Å². The van der Waals surface area contributed by atoms with Gasteiger partial charge in [-0.25, -0.2) is 9.59 Å². The third-order valence-electron chi connectivity index (χ3n) is 1.59. The molecule has 0 heterocycles. The maximum Gasteiger partial charge on any atom is 0.333 e. The van der Waals surface area contributed by atoms with Crippen molar-refractivity contribution in [3.63, 3.8) is 0 Å². The highest BCUT2D eigenvalue weighted by Gasteiger charge is 2.03. The first-order valence-electron chi connectivity index (χ1n) is 5.92. The maximum absolute atomic E-state index is 10.7. The highest BCUT2D eigenvalue weighted by atomic mass is 16.5. The minimum absolute atomic E-state index is 0.108. The number of esters is 2. The van der Waals surface area contributed by atoms with Crippen molar-refractivity contribution in [3.05, 3.63) is 24.8 Å². The quantitative estimate of drug-likeness (QED) is 0.397. The Bertz CT molecular complexity index is 301. The lowest BCUT2D eigenvalue weighted by Gasteiger charge is -2.05. The van der Waals surface area contributed by atoms with Crippen molar-refractivity contribution in [1.82, 2.24) is 0 Å². The molecule has 0 aromatic rings. The second-order valence-electron chi connectivity index (χ2n) is 3.87. The molecule has 0 aliphatic rings. The van der Waals surface area contributed by atoms with E-state index in [0.29, 0.717) is 25.1 Å². The standard InChI is InChI=1S/C7H13NO2.C6H11NO2/c1-5(2)7(9)10-4-6(3)8;1-2-6(8)9-5-3-4-7/h6H,1,4,8H2,2-3H3;2H,1,3-5,7H2. The van der Waals surface area contributed by atoms with Crippen LogP contribution in [0.15, 0.2) is 24.8 Å². The van der Waals surface area contributed by atoms with Crippen LogP contribution in [0.3, 0.4) is 0 Å². The number of hydrogen-bond donors (Lipinski definition) is 2. The summed E-state index contributed by atoms with van der Waals surface area (Å²) in [5.74, 6) is -0.763. The Morgan fingerprint density at radius 1 is 1.37 bits per heavy atom. The average Bonchev–Trinajstić information content (AvgIpc) is 2.36. The van der Waals surface area contributed by atoms with Crippen LogP contribution in [-0.2, 0) is 19.1 Å². The second-order valence-corrected chi connectivity index (χ2v) is 3.87. The molecule has 0 saturated heterocycles. The van der Waals surface area contributed by atoms with Crippen LogP contribution in [0.4, 0.5) is 0 Å². The van der Waals surface area contributed by atoms with E-state index in [0.717, 1.165) is 6.08 Å². The van der Waals surface area contributed by atoms with Gasteiger partial charge in [-0.05, 0) is 26.8 Å². The van der Waals surface area contributed by atoms with Crippen molar-refractivity contribution in [2.75, 3.05) is 19.8 Å². The van der Waals surface area contributed by atoms with Crippen LogP contribution in [-0.4, -0.2) is 37.7 Å². The fourth-order valence-electron chi connectivity index (χ4n) is 0.645. The van der Waals surface area contributed by atoms with Gasteiger partial charge in [-0.1, -0.05) is 13.2 Å². The van der Waals surface area contributed by atoms with Crippen molar-refractivity contribution in [2.45, 2.75) is 26.3 Å². The van der Waals surface area contributed by atoms with Gasteiger partial charge in [0.05, 0.1) is 6.61 Å². The molecule has 6 nitrogen and oxygen atoms in total. The highest BCUT2D eigenvalue weighted by Crippen LogP contribution is 1.91. The lowest BCUT2D eigenvalue weighted by atomic mass is 10.3. The average molecular weight is 272 g/mol. The van der Waals surface area contributed by atoms with Gasteiger partial charge in [-0.3, -0.25) is 0 Å². The Morgan fingerprint density at radius 2 is 1.95 bits per heavy atom. The van der Waals surface area contributed by atoms with Crippen molar-refractivity contribution >= 4 is 11.9 Å². The zero-order valence-electron chi connectivity index (χ0n) is 11.7. The molecule has 0 aromatic carbocycles. The van der Waals surface area contributed by atoms with E-state index in [1.165, 1.54) is 0 Å². The summed E-state index contributed by atoms with van der Waals surface area (Å²) in [5.41, 5.74) is 10.9. The summed E-state index contributed by atoms with van der Waals surface area (Å²) >= 11 is 0. The van der Waals surface area contributed by atoms with E-state index in [1.54, 1.807) is 13.8 Å². The fourth-order valence-corrected chi connectivity index (χ4v) is 0.645. The monoisotopic (exact) mass is 272 g/mol. The normalized spacial score (nSPS) is 10.5. The van der Waals surface area contributed by atoms with E-state index in [1.807, 2.05) is 0 Å². The molecule has 1 unspecified atom stereocenters. The van der Waals surface area contributed by atoms with Crippen LogP contribution in [0.5, 0.6) is 0 Å². The molecule has 0 aromatic heterocycles. The third kappa shape index (κ3) is 16.3. The van der Waals surface area contributed by atoms with Crippen molar-refractivity contribution in [1.29, 1.82) is 0 Å². The molecule has 0 bridgehead atoms. The number of hydrogen-bond acceptors (Lipinski definition) is 6. The van der Waals surface area contributed by atoms with Crippen molar-refractivity contribution < 1.29 is 19.1 Å². The number of carbonyl (C=O) groups excluding carboxylic acids is 2. The van der Waals surface area contributed by atoms with Crippen LogP contribution >= 0.6 is 0 Å². The van der Waals surface area contributed by atoms with E-state index < -0.39 is 0 Å². The summed E-state index contributed by atoms with van der Waals surface area (Å²) in [4.78, 5) is 21.0. The summed E-state index contributed by atoms with van der Waals surface area (Å²) < 4.78 is 9.30. The lowest BCUT2D eigenvalue weighted by molar-refractivity contribution is -0.139. The van der Waals surface area contributed by atoms with Crippen molar-refractivity contribution in [3.8, 4) is 0 Å². The van der Waals surface area contributed by atoms with E-state index >= 15 is 0 Å². The minimum Gasteiger partial charge on any atom is -0.462 e. The second kappa shape index (κ2) is 12.8. The van der Waals surface area contributed by atoms with Gasteiger partial charge in [0.15, 0.2) is 0 Å². The molecule has 4 N–H and O–H groups in total. The Labute approximate surface area is 114 Å². The SMILES string of the molecule is C=C(C)C(=O)OCC(C)N.C=CC(=O)OCCCN. The molecule has 0 amide bonds. The van der Waals surface area contributed by atoms with Gasteiger partial charge in [-0.15, -0.1) is 0 Å². The minimum atomic E-state index is -0.386. The molecular formula is C13H24N2O4. The van der Waals surface area contributed by atoms with Gasteiger partial charge >= 0.3 is 11.9 Å². The Hall–Kier alpha value is -1.66. The fraction of sp³-hybridized carbons (Fsp3) is 0.538. The first-order valence-corrected chi connectivity index (χ1v) is 5.92. The number of carbonyl (C=O) groups is 2. The van der Waals surface area contributed by atoms with E-state index in [-0.39, 0.29) is 24.6 Å². The number of rotatable bonds is 7. The van der Waals surface area contributed by atoms with Gasteiger partial charge in [0.2, 0.25) is 0 Å². The van der Waals surface area contributed by atoms with Gasteiger partial charge < -0.3 is 20.9 Å². The van der Waals surface area contributed by atoms with E-state index in [4.69, 9.17) is 16.2 Å². The zero-order valence-corrected chi connectivity index (χ0v) is 11.7. The molecular weight excluding hydrogens is 248 g/mol. The molecule has 110 valence electrons. The predicted molar refractivity (Wildman–Crippen MR) is 74.2 cm³/mol. The van der Waals surface area contributed by atoms with Crippen LogP contribution in [0.2, 0.25) is 0 Å². The summed E-state index contributed by atoms with van der Waals surface area (Å²) in [6.07, 6.45) is 1.84. The Balaban J connectivity index is 0. The lowest BCUT2D eigenvalue weighted by Crippen LogP contribution is -2.24. The van der Waals surface area contributed by atoms with Crippen LogP contribution < -0.4 is 11.5 Å². The first kappa shape index (κ1) is 19.7. The highest BCUT2D eigenvalue weighted by molar-refractivity contribution is 5.86. The molecule has 6 heteroatoms. The maximum atomic E-state index is 10.7. The molecule has 0 rings (SSSR count). The summed E-state index contributed by atoms with van der Waals surface area (Å²) in [7, 11) is 0. The van der Waals surface area contributed by atoms with Gasteiger partial charge in [0.25, 0.3) is 0 Å².